The van der Waals surface area contributed by atoms with Gasteiger partial charge in [0.1, 0.15) is 0 Å². The highest BCUT2D eigenvalue weighted by molar-refractivity contribution is 5.65. The maximum absolute atomic E-state index is 15.0. The number of benzene rings is 3. The van der Waals surface area contributed by atoms with Crippen molar-refractivity contribution in [1.82, 2.24) is 0 Å². The first-order valence-electron chi connectivity index (χ1n) is 11.7. The maximum Gasteiger partial charge on any atom is 0.200 e. The Labute approximate surface area is 198 Å². The van der Waals surface area contributed by atoms with Gasteiger partial charge in [0.15, 0.2) is 23.2 Å². The van der Waals surface area contributed by atoms with Crippen LogP contribution in [-0.2, 0) is 0 Å². The molecule has 4 rings (SSSR count). The van der Waals surface area contributed by atoms with Gasteiger partial charge in [-0.25, -0.2) is 13.2 Å². The Balaban J connectivity index is 1.47. The normalized spacial score (nSPS) is 18.0. The van der Waals surface area contributed by atoms with E-state index in [0.29, 0.717) is 48.8 Å². The van der Waals surface area contributed by atoms with Crippen molar-refractivity contribution in [2.24, 2.45) is 0 Å². The Morgan fingerprint density at radius 1 is 0.765 bits per heavy atom. The van der Waals surface area contributed by atoms with Gasteiger partial charge in [-0.05, 0) is 73.6 Å². The van der Waals surface area contributed by atoms with Gasteiger partial charge in [0.25, 0.3) is 0 Å². The van der Waals surface area contributed by atoms with Crippen LogP contribution in [0.25, 0.3) is 11.1 Å². The lowest BCUT2D eigenvalue weighted by molar-refractivity contribution is 0.299. The van der Waals surface area contributed by atoms with Crippen molar-refractivity contribution in [3.63, 3.8) is 0 Å². The first-order valence-corrected chi connectivity index (χ1v) is 11.7. The van der Waals surface area contributed by atoms with Crippen LogP contribution in [0.1, 0.15) is 60.6 Å². The van der Waals surface area contributed by atoms with Gasteiger partial charge in [0, 0.05) is 5.56 Å². The highest BCUT2D eigenvalue weighted by Crippen LogP contribution is 2.43. The van der Waals surface area contributed by atoms with Gasteiger partial charge in [0.2, 0.25) is 5.82 Å². The average molecular weight is 469 g/mol. The number of halogens is 4. The Hall–Kier alpha value is -3.08. The standard InChI is InChI=1S/C29H28F4O/c1-3-4-17-34-25-16-15-24(28(32)29(25)33)21-11-9-20(10-12-21)23-14-13-22(26(30)27(23)31)19-7-5-18(2)6-8-19/h3,5-8,13-16,20-21H,1,4,9-12,17H2,2H3. The summed E-state index contributed by atoms with van der Waals surface area (Å²) in [7, 11) is 0. The summed E-state index contributed by atoms with van der Waals surface area (Å²) in [5.74, 6) is -3.98. The molecule has 0 N–H and O–H groups in total. The molecule has 1 aliphatic carbocycles. The summed E-state index contributed by atoms with van der Waals surface area (Å²) in [6, 6.07) is 13.6. The molecular weight excluding hydrogens is 440 g/mol. The lowest BCUT2D eigenvalue weighted by Crippen LogP contribution is -2.15. The van der Waals surface area contributed by atoms with E-state index in [-0.39, 0.29) is 29.8 Å². The lowest BCUT2D eigenvalue weighted by Gasteiger charge is -2.30. The molecule has 0 radical (unpaired) electrons. The van der Waals surface area contributed by atoms with E-state index in [1.165, 1.54) is 6.07 Å². The molecule has 178 valence electrons. The molecule has 0 bridgehead atoms. The van der Waals surface area contributed by atoms with E-state index < -0.39 is 23.3 Å². The van der Waals surface area contributed by atoms with Gasteiger partial charge in [-0.1, -0.05) is 54.1 Å². The molecule has 3 aromatic rings. The maximum atomic E-state index is 15.0. The molecule has 0 saturated heterocycles. The van der Waals surface area contributed by atoms with Crippen LogP contribution in [0.3, 0.4) is 0 Å². The molecule has 1 nitrogen and oxygen atoms in total. The van der Waals surface area contributed by atoms with Gasteiger partial charge >= 0.3 is 0 Å². The summed E-state index contributed by atoms with van der Waals surface area (Å²) < 4.78 is 64.4. The van der Waals surface area contributed by atoms with Crippen LogP contribution in [0, 0.1) is 30.2 Å². The minimum Gasteiger partial charge on any atom is -0.490 e. The third-order valence-corrected chi connectivity index (χ3v) is 6.74. The Bertz CT molecular complexity index is 1160. The van der Waals surface area contributed by atoms with E-state index in [1.807, 2.05) is 19.1 Å². The van der Waals surface area contributed by atoms with E-state index in [9.17, 15) is 13.2 Å². The second-order valence-electron chi connectivity index (χ2n) is 8.95. The van der Waals surface area contributed by atoms with E-state index in [1.54, 1.807) is 36.4 Å². The highest BCUT2D eigenvalue weighted by atomic mass is 19.2. The first-order chi connectivity index (χ1) is 16.4. The number of hydrogen-bond acceptors (Lipinski definition) is 1. The molecule has 3 aromatic carbocycles. The molecule has 0 spiro atoms. The molecule has 0 unspecified atom stereocenters. The molecular formula is C29H28F4O. The van der Waals surface area contributed by atoms with E-state index in [4.69, 9.17) is 4.74 Å². The van der Waals surface area contributed by atoms with Crippen LogP contribution >= 0.6 is 0 Å². The molecule has 0 atom stereocenters. The third-order valence-electron chi connectivity index (χ3n) is 6.74. The Morgan fingerprint density at radius 3 is 1.91 bits per heavy atom. The second-order valence-corrected chi connectivity index (χ2v) is 8.95. The molecule has 0 amide bonds. The van der Waals surface area contributed by atoms with Crippen LogP contribution in [0.15, 0.2) is 61.2 Å². The average Bonchev–Trinajstić information content (AvgIpc) is 2.85. The Kier molecular flexibility index (Phi) is 7.40. The zero-order chi connectivity index (χ0) is 24.2. The molecule has 0 aromatic heterocycles. The largest absolute Gasteiger partial charge is 0.490 e. The predicted molar refractivity (Wildman–Crippen MR) is 127 cm³/mol. The van der Waals surface area contributed by atoms with Crippen LogP contribution in [0.2, 0.25) is 0 Å². The molecule has 0 heterocycles. The molecule has 1 saturated carbocycles. The van der Waals surface area contributed by atoms with Crippen molar-refractivity contribution in [2.75, 3.05) is 6.61 Å². The molecule has 5 heteroatoms. The van der Waals surface area contributed by atoms with Gasteiger partial charge in [-0.2, -0.15) is 4.39 Å². The minimum absolute atomic E-state index is 0.108. The van der Waals surface area contributed by atoms with Gasteiger partial charge in [-0.15, -0.1) is 6.58 Å². The van der Waals surface area contributed by atoms with Crippen LogP contribution in [-0.4, -0.2) is 6.61 Å². The fraction of sp³-hybridized carbons (Fsp3) is 0.310. The summed E-state index contributed by atoms with van der Waals surface area (Å²) in [5, 5.41) is 0. The molecule has 1 aliphatic rings. The number of rotatable bonds is 7. The fourth-order valence-electron chi connectivity index (χ4n) is 4.78. The summed E-state index contributed by atoms with van der Waals surface area (Å²) in [5.41, 5.74) is 2.58. The van der Waals surface area contributed by atoms with Crippen molar-refractivity contribution in [2.45, 2.75) is 50.9 Å². The Morgan fingerprint density at radius 2 is 1.32 bits per heavy atom. The predicted octanol–water partition coefficient (Wildman–Crippen LogP) is 8.61. The van der Waals surface area contributed by atoms with Crippen LogP contribution < -0.4 is 4.74 Å². The first kappa shape index (κ1) is 24.1. The fourth-order valence-corrected chi connectivity index (χ4v) is 4.78. The smallest absolute Gasteiger partial charge is 0.200 e. The lowest BCUT2D eigenvalue weighted by atomic mass is 9.75. The summed E-state index contributed by atoms with van der Waals surface area (Å²) in [6.45, 7) is 5.74. The summed E-state index contributed by atoms with van der Waals surface area (Å²) in [6.07, 6.45) is 4.46. The quantitative estimate of drug-likeness (QED) is 0.192. The summed E-state index contributed by atoms with van der Waals surface area (Å²) >= 11 is 0. The van der Waals surface area contributed by atoms with Crippen molar-refractivity contribution >= 4 is 0 Å². The van der Waals surface area contributed by atoms with E-state index in [2.05, 4.69) is 6.58 Å². The van der Waals surface area contributed by atoms with E-state index >= 15 is 4.39 Å². The molecule has 34 heavy (non-hydrogen) atoms. The van der Waals surface area contributed by atoms with Gasteiger partial charge in [0.05, 0.1) is 6.61 Å². The van der Waals surface area contributed by atoms with Crippen LogP contribution in [0.5, 0.6) is 5.75 Å². The molecule has 1 fully saturated rings. The zero-order valence-electron chi connectivity index (χ0n) is 19.2. The number of ether oxygens (including phenoxy) is 1. The highest BCUT2D eigenvalue weighted by Gasteiger charge is 2.29. The SMILES string of the molecule is C=CCCOc1ccc(C2CCC(c3ccc(-c4ccc(C)cc4)c(F)c3F)CC2)c(F)c1F. The molecule has 0 aliphatic heterocycles. The number of aryl methyl sites for hydroxylation is 1. The van der Waals surface area contributed by atoms with Gasteiger partial charge in [-0.3, -0.25) is 0 Å². The van der Waals surface area contributed by atoms with Crippen LogP contribution in [0.4, 0.5) is 17.6 Å². The van der Waals surface area contributed by atoms with Gasteiger partial charge < -0.3 is 4.74 Å². The minimum atomic E-state index is -0.983. The van der Waals surface area contributed by atoms with Crippen molar-refractivity contribution < 1.29 is 22.3 Å². The van der Waals surface area contributed by atoms with Crippen molar-refractivity contribution in [1.29, 1.82) is 0 Å². The second kappa shape index (κ2) is 10.5. The summed E-state index contributed by atoms with van der Waals surface area (Å²) in [4.78, 5) is 0. The third kappa shape index (κ3) is 4.89. The van der Waals surface area contributed by atoms with E-state index in [0.717, 1.165) is 5.56 Å². The zero-order valence-corrected chi connectivity index (χ0v) is 19.2. The van der Waals surface area contributed by atoms with Crippen molar-refractivity contribution in [3.05, 3.63) is 101 Å². The number of hydrogen-bond donors (Lipinski definition) is 0. The topological polar surface area (TPSA) is 9.23 Å². The monoisotopic (exact) mass is 468 g/mol. The van der Waals surface area contributed by atoms with Crippen molar-refractivity contribution in [3.8, 4) is 16.9 Å².